The van der Waals surface area contributed by atoms with Crippen LogP contribution in [0.2, 0.25) is 0 Å². The van der Waals surface area contributed by atoms with Crippen molar-refractivity contribution in [1.82, 2.24) is 0 Å². The third kappa shape index (κ3) is 4.84. The van der Waals surface area contributed by atoms with Crippen LogP contribution >= 0.6 is 0 Å². The van der Waals surface area contributed by atoms with E-state index in [-0.39, 0.29) is 23.9 Å². The smallest absolute Gasteiger partial charge is 0.363 e. The predicted molar refractivity (Wildman–Crippen MR) is 116 cm³/mol. The zero-order valence-corrected chi connectivity index (χ0v) is 16.6. The third-order valence-electron chi connectivity index (χ3n) is 4.61. The number of non-ortho nitro benzene ring substituents is 1. The largest absolute Gasteiger partial charge is 0.489 e. The fourth-order valence-corrected chi connectivity index (χ4v) is 3.01. The maximum atomic E-state index is 12.2. The van der Waals surface area contributed by atoms with Crippen LogP contribution in [-0.4, -0.2) is 16.8 Å². The Balaban J connectivity index is 1.49. The number of aliphatic imine (C=N–C) groups is 1. The van der Waals surface area contributed by atoms with E-state index in [4.69, 9.17) is 9.47 Å². The van der Waals surface area contributed by atoms with Crippen molar-refractivity contribution in [2.75, 3.05) is 0 Å². The molecule has 3 aromatic carbocycles. The summed E-state index contributed by atoms with van der Waals surface area (Å²) in [6.07, 6.45) is 1.63. The molecule has 4 rings (SSSR count). The first-order chi connectivity index (χ1) is 15.0. The van der Waals surface area contributed by atoms with Gasteiger partial charge in [0, 0.05) is 17.7 Å². The second kappa shape index (κ2) is 8.62. The van der Waals surface area contributed by atoms with Crippen molar-refractivity contribution in [3.63, 3.8) is 0 Å². The van der Waals surface area contributed by atoms with Gasteiger partial charge in [0.2, 0.25) is 5.90 Å². The molecular weight excluding hydrogens is 396 g/mol. The van der Waals surface area contributed by atoms with Gasteiger partial charge in [-0.3, -0.25) is 10.1 Å². The lowest BCUT2D eigenvalue weighted by atomic mass is 10.1. The van der Waals surface area contributed by atoms with Gasteiger partial charge in [-0.25, -0.2) is 9.79 Å². The first-order valence-corrected chi connectivity index (χ1v) is 9.54. The van der Waals surface area contributed by atoms with Gasteiger partial charge >= 0.3 is 5.97 Å². The van der Waals surface area contributed by atoms with Gasteiger partial charge in [0.05, 0.1) is 4.92 Å². The number of benzene rings is 3. The number of esters is 1. The van der Waals surface area contributed by atoms with Gasteiger partial charge in [0.25, 0.3) is 5.69 Å². The van der Waals surface area contributed by atoms with E-state index in [9.17, 15) is 14.9 Å². The molecule has 0 amide bonds. The zero-order chi connectivity index (χ0) is 21.8. The number of nitro benzene ring substituents is 1. The number of nitrogens with zero attached hydrogens (tertiary/aromatic N) is 2. The molecule has 0 radical (unpaired) electrons. The molecule has 7 heteroatoms. The second-order valence-corrected chi connectivity index (χ2v) is 6.99. The molecule has 0 bridgehead atoms. The van der Waals surface area contributed by atoms with Crippen LogP contribution < -0.4 is 4.74 Å². The number of rotatable bonds is 6. The molecule has 0 fully saturated rings. The number of aryl methyl sites for hydroxylation is 1. The van der Waals surface area contributed by atoms with Gasteiger partial charge in [-0.15, -0.1) is 0 Å². The summed E-state index contributed by atoms with van der Waals surface area (Å²) in [5.74, 6) is 0.322. The highest BCUT2D eigenvalue weighted by Gasteiger charge is 2.24. The molecule has 7 nitrogen and oxygen atoms in total. The van der Waals surface area contributed by atoms with Crippen LogP contribution in [0.1, 0.15) is 22.3 Å². The molecule has 154 valence electrons. The molecule has 31 heavy (non-hydrogen) atoms. The number of hydrogen-bond acceptors (Lipinski definition) is 6. The molecule has 0 saturated heterocycles. The van der Waals surface area contributed by atoms with Crippen molar-refractivity contribution in [3.8, 4) is 5.75 Å². The summed E-state index contributed by atoms with van der Waals surface area (Å²) >= 11 is 0. The monoisotopic (exact) mass is 414 g/mol. The molecule has 0 N–H and O–H groups in total. The van der Waals surface area contributed by atoms with Gasteiger partial charge in [0.1, 0.15) is 12.4 Å². The Morgan fingerprint density at radius 2 is 1.84 bits per heavy atom. The van der Waals surface area contributed by atoms with Gasteiger partial charge in [-0.1, -0.05) is 42.0 Å². The summed E-state index contributed by atoms with van der Waals surface area (Å²) in [6.45, 7) is 2.16. The lowest BCUT2D eigenvalue weighted by Crippen LogP contribution is -2.05. The molecule has 0 aliphatic carbocycles. The Bertz CT molecular complexity index is 1210. The highest BCUT2D eigenvalue weighted by atomic mass is 16.6. The number of ether oxygens (including phenoxy) is 2. The molecular formula is C24H18N2O5. The highest BCUT2D eigenvalue weighted by Crippen LogP contribution is 2.22. The van der Waals surface area contributed by atoms with E-state index >= 15 is 0 Å². The zero-order valence-electron chi connectivity index (χ0n) is 16.6. The number of carbonyl (C=O) groups is 1. The molecule has 0 saturated carbocycles. The summed E-state index contributed by atoms with van der Waals surface area (Å²) in [5.41, 5.74) is 3.46. The van der Waals surface area contributed by atoms with Crippen LogP contribution in [0.3, 0.4) is 0 Å². The first kappa shape index (κ1) is 20.0. The van der Waals surface area contributed by atoms with Crippen molar-refractivity contribution in [2.24, 2.45) is 4.99 Å². The molecule has 1 heterocycles. The van der Waals surface area contributed by atoms with Crippen molar-refractivity contribution in [2.45, 2.75) is 13.5 Å². The highest BCUT2D eigenvalue weighted by molar-refractivity contribution is 6.12. The fraction of sp³-hybridized carbons (Fsp3) is 0.0833. The standard InChI is InChI=1S/C24H18N2O5/c1-16-8-10-19(11-9-16)23-25-22(24(27)31-23)14-17-4-3-7-21(13-17)30-15-18-5-2-6-20(12-18)26(28)29/h2-14H,15H2,1H3/b22-14-. The second-order valence-electron chi connectivity index (χ2n) is 6.99. The van der Waals surface area contributed by atoms with Crippen molar-refractivity contribution >= 4 is 23.6 Å². The van der Waals surface area contributed by atoms with E-state index in [1.165, 1.54) is 12.1 Å². The SMILES string of the molecule is Cc1ccc(C2=N/C(=C\c3cccc(OCc4cccc([N+](=O)[O-])c4)c3)C(=O)O2)cc1. The van der Waals surface area contributed by atoms with Gasteiger partial charge in [-0.2, -0.15) is 0 Å². The molecule has 0 unspecified atom stereocenters. The Labute approximate surface area is 178 Å². The number of cyclic esters (lactones) is 1. The van der Waals surface area contributed by atoms with E-state index < -0.39 is 10.9 Å². The number of carbonyl (C=O) groups excluding carboxylic acids is 1. The van der Waals surface area contributed by atoms with E-state index in [1.54, 1.807) is 36.4 Å². The summed E-state index contributed by atoms with van der Waals surface area (Å²) in [7, 11) is 0. The molecule has 1 aliphatic rings. The maximum absolute atomic E-state index is 12.2. The molecule has 0 spiro atoms. The summed E-state index contributed by atoms with van der Waals surface area (Å²) in [6, 6.07) is 21.0. The third-order valence-corrected chi connectivity index (χ3v) is 4.61. The van der Waals surface area contributed by atoms with Gasteiger partial charge < -0.3 is 9.47 Å². The molecule has 0 aromatic heterocycles. The average molecular weight is 414 g/mol. The summed E-state index contributed by atoms with van der Waals surface area (Å²) in [5, 5.41) is 10.9. The lowest BCUT2D eigenvalue weighted by molar-refractivity contribution is -0.384. The van der Waals surface area contributed by atoms with Crippen LogP contribution in [0.4, 0.5) is 5.69 Å². The normalized spacial score (nSPS) is 14.3. The predicted octanol–water partition coefficient (Wildman–Crippen LogP) is 4.83. The van der Waals surface area contributed by atoms with Crippen LogP contribution in [0.25, 0.3) is 6.08 Å². The minimum atomic E-state index is -0.515. The van der Waals surface area contributed by atoms with E-state index in [0.29, 0.717) is 11.3 Å². The summed E-state index contributed by atoms with van der Waals surface area (Å²) in [4.78, 5) is 27.0. The lowest BCUT2D eigenvalue weighted by Gasteiger charge is -2.07. The molecule has 1 aliphatic heterocycles. The van der Waals surface area contributed by atoms with E-state index in [1.807, 2.05) is 37.3 Å². The molecule has 3 aromatic rings. The van der Waals surface area contributed by atoms with E-state index in [0.717, 1.165) is 16.7 Å². The van der Waals surface area contributed by atoms with E-state index in [2.05, 4.69) is 4.99 Å². The Kier molecular flexibility index (Phi) is 5.57. The Hall–Kier alpha value is -4.26. The Morgan fingerprint density at radius 1 is 1.06 bits per heavy atom. The quantitative estimate of drug-likeness (QED) is 0.249. The van der Waals surface area contributed by atoms with Crippen LogP contribution in [0.15, 0.2) is 83.5 Å². The average Bonchev–Trinajstić information content (AvgIpc) is 3.13. The fourth-order valence-electron chi connectivity index (χ4n) is 3.01. The van der Waals surface area contributed by atoms with Crippen LogP contribution in [0, 0.1) is 17.0 Å². The first-order valence-electron chi connectivity index (χ1n) is 9.54. The number of hydrogen-bond donors (Lipinski definition) is 0. The van der Waals surface area contributed by atoms with Crippen molar-refractivity contribution < 1.29 is 19.2 Å². The van der Waals surface area contributed by atoms with Crippen LogP contribution in [0.5, 0.6) is 5.75 Å². The molecule has 0 atom stereocenters. The topological polar surface area (TPSA) is 91.0 Å². The maximum Gasteiger partial charge on any atom is 0.363 e. The summed E-state index contributed by atoms with van der Waals surface area (Å²) < 4.78 is 11.1. The minimum absolute atomic E-state index is 0.0153. The van der Waals surface area contributed by atoms with Crippen LogP contribution in [-0.2, 0) is 16.1 Å². The Morgan fingerprint density at radius 3 is 2.61 bits per heavy atom. The van der Waals surface area contributed by atoms with Crippen molar-refractivity contribution in [3.05, 3.63) is 111 Å². The number of nitro groups is 1. The minimum Gasteiger partial charge on any atom is -0.489 e. The van der Waals surface area contributed by atoms with Gasteiger partial charge in [0.15, 0.2) is 5.70 Å². The van der Waals surface area contributed by atoms with Gasteiger partial charge in [-0.05, 0) is 48.4 Å². The van der Waals surface area contributed by atoms with Crippen molar-refractivity contribution in [1.29, 1.82) is 0 Å².